The summed E-state index contributed by atoms with van der Waals surface area (Å²) in [7, 11) is 0. The van der Waals surface area contributed by atoms with E-state index in [1.54, 1.807) is 10.9 Å². The van der Waals surface area contributed by atoms with Gasteiger partial charge in [0.15, 0.2) is 5.82 Å². The Balaban J connectivity index is 0.00000210. The Bertz CT molecular complexity index is 974. The van der Waals surface area contributed by atoms with Gasteiger partial charge in [0, 0.05) is 6.54 Å². The van der Waals surface area contributed by atoms with Gasteiger partial charge in [0.25, 0.3) is 5.91 Å². The highest BCUT2D eigenvalue weighted by Gasteiger charge is 2.22. The van der Waals surface area contributed by atoms with Crippen LogP contribution in [-0.4, -0.2) is 37.4 Å². The largest absolute Gasteiger partial charge is 0.394 e. The normalized spacial score (nSPS) is 13.5. The van der Waals surface area contributed by atoms with E-state index in [0.29, 0.717) is 35.1 Å². The maximum Gasteiger partial charge on any atom is 0.254 e. The highest BCUT2D eigenvalue weighted by atomic mass is 35.5. The van der Waals surface area contributed by atoms with E-state index in [4.69, 9.17) is 0 Å². The fourth-order valence-electron chi connectivity index (χ4n) is 2.99. The number of hydrogen-bond acceptors (Lipinski definition) is 6. The van der Waals surface area contributed by atoms with Crippen molar-refractivity contribution in [2.45, 2.75) is 19.5 Å². The van der Waals surface area contributed by atoms with Crippen molar-refractivity contribution in [3.8, 4) is 11.5 Å². The number of carbonyl (C=O) groups is 1. The summed E-state index contributed by atoms with van der Waals surface area (Å²) in [6.07, 6.45) is 1.58. The van der Waals surface area contributed by atoms with E-state index < -0.39 is 0 Å². The van der Waals surface area contributed by atoms with E-state index in [9.17, 15) is 9.90 Å². The molecule has 8 nitrogen and oxygen atoms in total. The number of amides is 1. The molecule has 1 aliphatic heterocycles. The summed E-state index contributed by atoms with van der Waals surface area (Å²) in [6.45, 7) is 2.40. The molecule has 140 valence electrons. The monoisotopic (exact) mass is 386 g/mol. The maximum absolute atomic E-state index is 12.1. The first-order chi connectivity index (χ1) is 12.7. The summed E-state index contributed by atoms with van der Waals surface area (Å²) in [6, 6.07) is 11.1. The number of carbonyl (C=O) groups excluding carboxylic acids is 1. The van der Waals surface area contributed by atoms with Gasteiger partial charge in [-0.15, -0.1) is 22.6 Å². The molecule has 1 atom stereocenters. The molecule has 4 rings (SSSR count). The smallest absolute Gasteiger partial charge is 0.254 e. The lowest BCUT2D eigenvalue weighted by molar-refractivity contribution is 0.0966. The molecule has 1 unspecified atom stereocenters. The van der Waals surface area contributed by atoms with Crippen LogP contribution in [0.1, 0.15) is 28.9 Å². The number of aliphatic hydroxyl groups excluding tert-OH is 1. The lowest BCUT2D eigenvalue weighted by Gasteiger charge is -2.13. The number of rotatable bonds is 5. The van der Waals surface area contributed by atoms with Crippen LogP contribution in [0.4, 0.5) is 11.5 Å². The van der Waals surface area contributed by atoms with Crippen LogP contribution in [0.5, 0.6) is 0 Å². The van der Waals surface area contributed by atoms with Gasteiger partial charge in [0.1, 0.15) is 17.8 Å². The minimum absolute atomic E-state index is 0. The Labute approximate surface area is 162 Å². The number of pyridine rings is 1. The van der Waals surface area contributed by atoms with Crippen LogP contribution in [0, 0.1) is 0 Å². The van der Waals surface area contributed by atoms with E-state index in [2.05, 4.69) is 25.8 Å². The summed E-state index contributed by atoms with van der Waals surface area (Å²) in [4.78, 5) is 16.7. The molecular weight excluding hydrogens is 368 g/mol. The number of aromatic nitrogens is 4. The molecule has 1 aliphatic rings. The third-order valence-electron chi connectivity index (χ3n) is 4.37. The van der Waals surface area contributed by atoms with Gasteiger partial charge in [-0.25, -0.2) is 4.98 Å². The minimum Gasteiger partial charge on any atom is -0.394 e. The molecule has 2 aromatic heterocycles. The van der Waals surface area contributed by atoms with Crippen molar-refractivity contribution >= 4 is 29.8 Å². The van der Waals surface area contributed by atoms with Gasteiger partial charge in [-0.1, -0.05) is 18.2 Å². The number of hydrogen-bond donors (Lipinski definition) is 3. The van der Waals surface area contributed by atoms with Crippen LogP contribution in [0.15, 0.2) is 42.7 Å². The Kier molecular flexibility index (Phi) is 5.38. The highest BCUT2D eigenvalue weighted by molar-refractivity contribution is 6.04. The molecule has 9 heteroatoms. The predicted octanol–water partition coefficient (Wildman–Crippen LogP) is 2.30. The van der Waals surface area contributed by atoms with Gasteiger partial charge in [-0.3, -0.25) is 4.79 Å². The number of benzene rings is 1. The Morgan fingerprint density at radius 3 is 2.93 bits per heavy atom. The van der Waals surface area contributed by atoms with Gasteiger partial charge >= 0.3 is 0 Å². The summed E-state index contributed by atoms with van der Waals surface area (Å²) in [5.74, 6) is 1.09. The molecule has 0 aliphatic carbocycles. The molecular formula is C18H19ClN6O2. The number of fused-ring (bicyclic) bond motifs is 1. The molecule has 3 N–H and O–H groups in total. The molecule has 27 heavy (non-hydrogen) atoms. The zero-order chi connectivity index (χ0) is 18.1. The zero-order valence-corrected chi connectivity index (χ0v) is 15.4. The van der Waals surface area contributed by atoms with E-state index in [1.807, 2.05) is 43.3 Å². The van der Waals surface area contributed by atoms with Crippen molar-refractivity contribution in [1.29, 1.82) is 0 Å². The first-order valence-corrected chi connectivity index (χ1v) is 8.32. The quantitative estimate of drug-likeness (QED) is 0.621. The third-order valence-corrected chi connectivity index (χ3v) is 4.37. The standard InChI is InChI=1S/C18H18N6O2.ClH/c1-11(9-25)24-10-20-23-17(24)14-6-3-7-15(22-14)21-13-5-2-4-12-8-19-18(26)16(12)13;/h2-7,10-11,25H,8-9H2,1H3,(H,19,26)(H,21,22);1H. The zero-order valence-electron chi connectivity index (χ0n) is 14.6. The molecule has 0 fully saturated rings. The van der Waals surface area contributed by atoms with Crippen molar-refractivity contribution in [2.75, 3.05) is 11.9 Å². The second-order valence-electron chi connectivity index (χ2n) is 6.15. The van der Waals surface area contributed by atoms with Crippen LogP contribution in [-0.2, 0) is 6.54 Å². The lowest BCUT2D eigenvalue weighted by atomic mass is 10.1. The SMILES string of the molecule is CC(CO)n1cnnc1-c1cccc(Nc2cccc3c2C(=O)NC3)n1.Cl. The first-order valence-electron chi connectivity index (χ1n) is 8.32. The maximum atomic E-state index is 12.1. The van der Waals surface area contributed by atoms with Crippen LogP contribution < -0.4 is 10.6 Å². The average Bonchev–Trinajstić information content (AvgIpc) is 3.29. The van der Waals surface area contributed by atoms with Crippen molar-refractivity contribution in [2.24, 2.45) is 0 Å². The molecule has 1 amide bonds. The van der Waals surface area contributed by atoms with E-state index in [-0.39, 0.29) is 31.0 Å². The van der Waals surface area contributed by atoms with Crippen LogP contribution in [0.25, 0.3) is 11.5 Å². The molecule has 0 radical (unpaired) electrons. The first kappa shape index (κ1) is 18.8. The molecule has 0 spiro atoms. The Morgan fingerprint density at radius 2 is 2.11 bits per heavy atom. The van der Waals surface area contributed by atoms with Crippen molar-refractivity contribution in [1.82, 2.24) is 25.1 Å². The summed E-state index contributed by atoms with van der Waals surface area (Å²) >= 11 is 0. The van der Waals surface area contributed by atoms with Gasteiger partial charge in [-0.2, -0.15) is 0 Å². The number of nitrogens with zero attached hydrogens (tertiary/aromatic N) is 4. The molecule has 3 aromatic rings. The lowest BCUT2D eigenvalue weighted by Crippen LogP contribution is -2.13. The van der Waals surface area contributed by atoms with Gasteiger partial charge in [-0.05, 0) is 30.7 Å². The highest BCUT2D eigenvalue weighted by Crippen LogP contribution is 2.27. The van der Waals surface area contributed by atoms with Crippen LogP contribution >= 0.6 is 12.4 Å². The second kappa shape index (κ2) is 7.73. The van der Waals surface area contributed by atoms with Crippen molar-refractivity contribution in [3.63, 3.8) is 0 Å². The van der Waals surface area contributed by atoms with Crippen LogP contribution in [0.2, 0.25) is 0 Å². The summed E-state index contributed by atoms with van der Waals surface area (Å²) < 4.78 is 1.78. The third kappa shape index (κ3) is 3.49. The number of anilines is 2. The van der Waals surface area contributed by atoms with Crippen LogP contribution in [0.3, 0.4) is 0 Å². The van der Waals surface area contributed by atoms with Gasteiger partial charge in [0.2, 0.25) is 0 Å². The van der Waals surface area contributed by atoms with E-state index in [1.165, 1.54) is 0 Å². The summed E-state index contributed by atoms with van der Waals surface area (Å²) in [5.41, 5.74) is 2.96. The molecule has 3 heterocycles. The average molecular weight is 387 g/mol. The number of halogens is 1. The number of aliphatic hydroxyl groups is 1. The van der Waals surface area contributed by atoms with Gasteiger partial charge in [0.05, 0.1) is 23.9 Å². The Morgan fingerprint density at radius 1 is 1.30 bits per heavy atom. The van der Waals surface area contributed by atoms with E-state index in [0.717, 1.165) is 5.56 Å². The summed E-state index contributed by atoms with van der Waals surface area (Å²) in [5, 5.41) is 23.5. The molecule has 0 saturated carbocycles. The minimum atomic E-state index is -0.153. The predicted molar refractivity (Wildman–Crippen MR) is 103 cm³/mol. The molecule has 0 bridgehead atoms. The fraction of sp³-hybridized carbons (Fsp3) is 0.222. The van der Waals surface area contributed by atoms with E-state index >= 15 is 0 Å². The number of nitrogens with one attached hydrogen (secondary N) is 2. The molecule has 1 aromatic carbocycles. The second-order valence-corrected chi connectivity index (χ2v) is 6.15. The van der Waals surface area contributed by atoms with Crippen molar-refractivity contribution < 1.29 is 9.90 Å². The topological polar surface area (TPSA) is 105 Å². The van der Waals surface area contributed by atoms with Crippen molar-refractivity contribution in [3.05, 3.63) is 53.9 Å². The molecule has 0 saturated heterocycles. The van der Waals surface area contributed by atoms with Gasteiger partial charge < -0.3 is 20.3 Å². The fourth-order valence-corrected chi connectivity index (χ4v) is 2.99. The Hall–Kier alpha value is -2.97.